The van der Waals surface area contributed by atoms with Crippen molar-refractivity contribution >= 4 is 35.4 Å². The van der Waals surface area contributed by atoms with E-state index in [1.165, 1.54) is 18.2 Å². The van der Waals surface area contributed by atoms with Crippen LogP contribution in [-0.2, 0) is 14.3 Å². The van der Waals surface area contributed by atoms with Crippen LogP contribution in [-0.4, -0.2) is 92.4 Å². The third kappa shape index (κ3) is 6.86. The summed E-state index contributed by atoms with van der Waals surface area (Å²) in [6.07, 6.45) is 0.745. The molecule has 4 amide bonds. The molecule has 3 heterocycles. The quantitative estimate of drug-likeness (QED) is 0.504. The number of pyridine rings is 1. The van der Waals surface area contributed by atoms with E-state index in [1.54, 1.807) is 23.2 Å². The molecule has 2 saturated heterocycles. The summed E-state index contributed by atoms with van der Waals surface area (Å²) < 4.78 is 40.2. The van der Waals surface area contributed by atoms with E-state index in [-0.39, 0.29) is 56.6 Å². The molecule has 0 saturated carbocycles. The maximum atomic E-state index is 15.3. The summed E-state index contributed by atoms with van der Waals surface area (Å²) in [6, 6.07) is 4.50. The van der Waals surface area contributed by atoms with E-state index >= 15 is 8.78 Å². The van der Waals surface area contributed by atoms with Crippen molar-refractivity contribution in [1.29, 1.82) is 0 Å². The molecule has 2 aliphatic rings. The zero-order valence-electron chi connectivity index (χ0n) is 23.9. The maximum Gasteiger partial charge on any atom is 0.414 e. The van der Waals surface area contributed by atoms with Gasteiger partial charge in [0, 0.05) is 50.7 Å². The third-order valence-corrected chi connectivity index (χ3v) is 7.07. The lowest BCUT2D eigenvalue weighted by molar-refractivity contribution is -0.136. The lowest BCUT2D eigenvalue weighted by Crippen LogP contribution is -2.58. The van der Waals surface area contributed by atoms with E-state index < -0.39 is 47.3 Å². The fourth-order valence-electron chi connectivity index (χ4n) is 4.81. The zero-order valence-corrected chi connectivity index (χ0v) is 23.9. The second-order valence-corrected chi connectivity index (χ2v) is 11.1. The summed E-state index contributed by atoms with van der Waals surface area (Å²) in [6.45, 7) is 6.16. The number of nitrogens with one attached hydrogen (secondary N) is 2. The number of carbonyl (C=O) groups is 4. The van der Waals surface area contributed by atoms with Gasteiger partial charge in [0.05, 0.1) is 31.5 Å². The highest BCUT2D eigenvalue weighted by atomic mass is 19.1. The molecule has 0 aliphatic carbocycles. The van der Waals surface area contributed by atoms with Crippen molar-refractivity contribution in [2.45, 2.75) is 32.9 Å². The van der Waals surface area contributed by atoms with E-state index in [2.05, 4.69) is 20.4 Å². The van der Waals surface area contributed by atoms with Gasteiger partial charge in [-0.2, -0.15) is 0 Å². The number of hydrogen-bond donors (Lipinski definition) is 2. The SMILES string of the molecule is COC(=O)NC[C@H]1CN(c2cc(F)c(N3CCN(C(=O)[C@@H](NC(=O)c4cccnc4)C(C)(C)C)CC3)c(F)c2)C(=O)O1. The lowest BCUT2D eigenvalue weighted by atomic mass is 9.85. The molecule has 2 N–H and O–H groups in total. The third-order valence-electron chi connectivity index (χ3n) is 7.07. The Morgan fingerprint density at radius 1 is 1.14 bits per heavy atom. The first-order valence-corrected chi connectivity index (χ1v) is 13.4. The number of nitrogens with zero attached hydrogens (tertiary/aromatic N) is 4. The molecule has 1 aromatic heterocycles. The number of hydrogen-bond acceptors (Lipinski definition) is 8. The van der Waals surface area contributed by atoms with Crippen LogP contribution in [0.4, 0.5) is 29.7 Å². The number of alkyl carbamates (subject to hydrolysis) is 1. The fourth-order valence-corrected chi connectivity index (χ4v) is 4.81. The molecule has 2 atom stereocenters. The van der Waals surface area contributed by atoms with Gasteiger partial charge in [0.2, 0.25) is 5.91 Å². The zero-order chi connectivity index (χ0) is 30.6. The predicted octanol–water partition coefficient (Wildman–Crippen LogP) is 2.53. The van der Waals surface area contributed by atoms with Crippen LogP contribution in [0.2, 0.25) is 0 Å². The minimum Gasteiger partial charge on any atom is -0.453 e. The molecular formula is C28H34F2N6O6. The Bertz CT molecular complexity index is 1310. The van der Waals surface area contributed by atoms with Crippen molar-refractivity contribution in [3.8, 4) is 0 Å². The topological polar surface area (TPSA) is 133 Å². The molecule has 0 spiro atoms. The Morgan fingerprint density at radius 2 is 1.81 bits per heavy atom. The number of ether oxygens (including phenoxy) is 2. The fraction of sp³-hybridized carbons (Fsp3) is 0.464. The number of anilines is 2. The van der Waals surface area contributed by atoms with Crippen LogP contribution in [0.3, 0.4) is 0 Å². The summed E-state index contributed by atoms with van der Waals surface area (Å²) in [4.78, 5) is 58.0. The van der Waals surface area contributed by atoms with Gasteiger partial charge in [0.15, 0.2) is 11.6 Å². The average molecular weight is 589 g/mol. The highest BCUT2D eigenvalue weighted by molar-refractivity contribution is 5.97. The minimum atomic E-state index is -0.870. The van der Waals surface area contributed by atoms with Gasteiger partial charge in [-0.05, 0) is 17.5 Å². The van der Waals surface area contributed by atoms with Crippen molar-refractivity contribution < 1.29 is 37.4 Å². The first-order valence-electron chi connectivity index (χ1n) is 13.4. The highest BCUT2D eigenvalue weighted by Crippen LogP contribution is 2.32. The molecule has 2 fully saturated rings. The minimum absolute atomic E-state index is 0.0197. The Balaban J connectivity index is 1.40. The van der Waals surface area contributed by atoms with E-state index in [4.69, 9.17) is 4.74 Å². The summed E-state index contributed by atoms with van der Waals surface area (Å²) in [7, 11) is 1.19. The van der Waals surface area contributed by atoms with E-state index in [1.807, 2.05) is 20.8 Å². The first-order chi connectivity index (χ1) is 19.9. The van der Waals surface area contributed by atoms with Gasteiger partial charge in [-0.25, -0.2) is 18.4 Å². The van der Waals surface area contributed by atoms with E-state index in [9.17, 15) is 19.2 Å². The lowest BCUT2D eigenvalue weighted by Gasteiger charge is -2.40. The van der Waals surface area contributed by atoms with Crippen LogP contribution in [0.25, 0.3) is 0 Å². The van der Waals surface area contributed by atoms with Crippen LogP contribution in [0.5, 0.6) is 0 Å². The standard InChI is InChI=1S/C28H34F2N6O6/c1-28(2,3)23(33-24(37)17-6-5-7-31-14-17)25(38)35-10-8-34(9-11-35)22-20(29)12-18(13-21(22)30)36-16-19(42-27(36)40)15-32-26(39)41-4/h5-7,12-14,19,23H,8-11,15-16H2,1-4H3,(H,32,39)(H,33,37)/t19-,23+/m0/s1. The Morgan fingerprint density at radius 3 is 2.38 bits per heavy atom. The van der Waals surface area contributed by atoms with Gasteiger partial charge in [-0.15, -0.1) is 0 Å². The summed E-state index contributed by atoms with van der Waals surface area (Å²) >= 11 is 0. The van der Waals surface area contributed by atoms with Crippen molar-refractivity contribution in [1.82, 2.24) is 20.5 Å². The summed E-state index contributed by atoms with van der Waals surface area (Å²) in [5, 5.41) is 5.23. The molecule has 2 aromatic rings. The smallest absolute Gasteiger partial charge is 0.414 e. The van der Waals surface area contributed by atoms with Gasteiger partial charge in [0.1, 0.15) is 17.8 Å². The normalized spacial score (nSPS) is 17.9. The molecule has 0 unspecified atom stereocenters. The second kappa shape index (κ2) is 12.6. The number of aromatic nitrogens is 1. The largest absolute Gasteiger partial charge is 0.453 e. The number of carbonyl (C=O) groups excluding carboxylic acids is 4. The molecule has 4 rings (SSSR count). The van der Waals surface area contributed by atoms with Gasteiger partial charge >= 0.3 is 12.2 Å². The molecule has 14 heteroatoms. The Kier molecular flexibility index (Phi) is 9.12. The number of cyclic esters (lactones) is 1. The molecule has 0 bridgehead atoms. The number of methoxy groups -OCH3 is 1. The van der Waals surface area contributed by atoms with Crippen LogP contribution < -0.4 is 20.4 Å². The van der Waals surface area contributed by atoms with Crippen molar-refractivity contribution in [2.24, 2.45) is 5.41 Å². The summed E-state index contributed by atoms with van der Waals surface area (Å²) in [5.41, 5.74) is -0.565. The van der Waals surface area contributed by atoms with E-state index in [0.29, 0.717) is 5.56 Å². The molecular weight excluding hydrogens is 554 g/mol. The van der Waals surface area contributed by atoms with Crippen molar-refractivity contribution in [3.05, 3.63) is 53.9 Å². The highest BCUT2D eigenvalue weighted by Gasteiger charge is 2.38. The van der Waals surface area contributed by atoms with Crippen LogP contribution in [0, 0.1) is 17.0 Å². The molecule has 0 radical (unpaired) electrons. The van der Waals surface area contributed by atoms with Crippen molar-refractivity contribution in [2.75, 3.05) is 56.2 Å². The number of amides is 4. The molecule has 2 aliphatic heterocycles. The molecule has 1 aromatic carbocycles. The predicted molar refractivity (Wildman–Crippen MR) is 148 cm³/mol. The van der Waals surface area contributed by atoms with Gasteiger partial charge in [-0.3, -0.25) is 19.5 Å². The number of piperazine rings is 1. The van der Waals surface area contributed by atoms with E-state index in [0.717, 1.165) is 17.0 Å². The molecule has 12 nitrogen and oxygen atoms in total. The second-order valence-electron chi connectivity index (χ2n) is 11.1. The maximum absolute atomic E-state index is 15.3. The molecule has 42 heavy (non-hydrogen) atoms. The van der Waals surface area contributed by atoms with Crippen LogP contribution in [0.15, 0.2) is 36.7 Å². The van der Waals surface area contributed by atoms with Crippen LogP contribution >= 0.6 is 0 Å². The van der Waals surface area contributed by atoms with Gasteiger partial charge in [-0.1, -0.05) is 20.8 Å². The first kappa shape index (κ1) is 30.5. The number of benzene rings is 1. The Labute approximate surface area is 241 Å². The van der Waals surface area contributed by atoms with Crippen LogP contribution in [0.1, 0.15) is 31.1 Å². The van der Waals surface area contributed by atoms with Gasteiger partial charge < -0.3 is 29.9 Å². The van der Waals surface area contributed by atoms with Gasteiger partial charge in [0.25, 0.3) is 5.91 Å². The monoisotopic (exact) mass is 588 g/mol. The Hall–Kier alpha value is -4.49. The number of rotatable bonds is 7. The van der Waals surface area contributed by atoms with Crippen molar-refractivity contribution in [3.63, 3.8) is 0 Å². The average Bonchev–Trinajstić information content (AvgIpc) is 3.34. The number of halogens is 2. The summed E-state index contributed by atoms with van der Waals surface area (Å²) in [5.74, 6) is -2.46. The molecule has 226 valence electrons.